The highest BCUT2D eigenvalue weighted by Gasteiger charge is 2.20. The molecule has 0 aliphatic heterocycles. The zero-order valence-corrected chi connectivity index (χ0v) is 17.7. The SMILES string of the molecule is CCC(Sc1nc(N)cc(N)n1)C(=O)Nc1ccc2c(c1)c1ccccc1n2CC. The number of nitrogens with one attached hydrogen (secondary N) is 1. The molecular weight excluding hydrogens is 396 g/mol. The van der Waals surface area contributed by atoms with Gasteiger partial charge in [-0.25, -0.2) is 9.97 Å². The van der Waals surface area contributed by atoms with E-state index in [1.807, 2.05) is 31.2 Å². The van der Waals surface area contributed by atoms with Crippen molar-refractivity contribution in [2.45, 2.75) is 37.2 Å². The van der Waals surface area contributed by atoms with Gasteiger partial charge in [0.1, 0.15) is 11.6 Å². The third kappa shape index (κ3) is 3.78. The van der Waals surface area contributed by atoms with Crippen LogP contribution in [0.3, 0.4) is 0 Å². The van der Waals surface area contributed by atoms with Gasteiger partial charge in [0, 0.05) is 40.1 Å². The number of hydrogen-bond donors (Lipinski definition) is 3. The highest BCUT2D eigenvalue weighted by Crippen LogP contribution is 2.31. The Balaban J connectivity index is 1.61. The number of carbonyl (C=O) groups excluding carboxylic acids is 1. The fourth-order valence-electron chi connectivity index (χ4n) is 3.66. The Kier molecular flexibility index (Phi) is 5.50. The monoisotopic (exact) mass is 420 g/mol. The topological polar surface area (TPSA) is 112 Å². The first-order valence-electron chi connectivity index (χ1n) is 9.88. The number of aromatic nitrogens is 3. The van der Waals surface area contributed by atoms with Crippen LogP contribution in [0, 0.1) is 0 Å². The van der Waals surface area contributed by atoms with Crippen molar-refractivity contribution in [1.82, 2.24) is 14.5 Å². The maximum atomic E-state index is 12.9. The van der Waals surface area contributed by atoms with E-state index in [0.29, 0.717) is 11.6 Å². The number of anilines is 3. The molecule has 0 aliphatic carbocycles. The number of nitrogen functional groups attached to an aromatic ring is 2. The zero-order chi connectivity index (χ0) is 21.3. The third-order valence-electron chi connectivity index (χ3n) is 5.01. The average Bonchev–Trinajstić information content (AvgIpc) is 3.04. The van der Waals surface area contributed by atoms with Crippen LogP contribution in [0.1, 0.15) is 20.3 Å². The Morgan fingerprint density at radius 1 is 1.03 bits per heavy atom. The van der Waals surface area contributed by atoms with Crippen molar-refractivity contribution in [1.29, 1.82) is 0 Å². The van der Waals surface area contributed by atoms with Gasteiger partial charge in [-0.15, -0.1) is 0 Å². The highest BCUT2D eigenvalue weighted by molar-refractivity contribution is 8.00. The molecule has 0 aliphatic rings. The maximum Gasteiger partial charge on any atom is 0.237 e. The largest absolute Gasteiger partial charge is 0.383 e. The van der Waals surface area contributed by atoms with E-state index in [-0.39, 0.29) is 22.8 Å². The van der Waals surface area contributed by atoms with Gasteiger partial charge in [0.2, 0.25) is 5.91 Å². The van der Waals surface area contributed by atoms with Gasteiger partial charge in [-0.1, -0.05) is 36.9 Å². The number of nitrogens with zero attached hydrogens (tertiary/aromatic N) is 3. The number of nitrogens with two attached hydrogens (primary N) is 2. The first kappa shape index (κ1) is 20.0. The summed E-state index contributed by atoms with van der Waals surface area (Å²) in [5, 5.41) is 5.38. The Bertz CT molecular complexity index is 1210. The van der Waals surface area contributed by atoms with E-state index in [1.54, 1.807) is 0 Å². The molecule has 4 aromatic rings. The summed E-state index contributed by atoms with van der Waals surface area (Å²) in [7, 11) is 0. The number of carbonyl (C=O) groups is 1. The summed E-state index contributed by atoms with van der Waals surface area (Å²) >= 11 is 1.26. The number of aryl methyl sites for hydroxylation is 1. The average molecular weight is 421 g/mol. The second-order valence-electron chi connectivity index (χ2n) is 7.00. The van der Waals surface area contributed by atoms with Crippen LogP contribution in [0.25, 0.3) is 21.8 Å². The Labute approximate surface area is 178 Å². The van der Waals surface area contributed by atoms with Crippen molar-refractivity contribution in [3.8, 4) is 0 Å². The van der Waals surface area contributed by atoms with E-state index in [9.17, 15) is 4.79 Å². The number of amides is 1. The van der Waals surface area contributed by atoms with Gasteiger partial charge in [-0.3, -0.25) is 4.79 Å². The summed E-state index contributed by atoms with van der Waals surface area (Å²) in [5.41, 5.74) is 14.6. The third-order valence-corrected chi connectivity index (χ3v) is 6.24. The molecule has 4 rings (SSSR count). The summed E-state index contributed by atoms with van der Waals surface area (Å²) in [4.78, 5) is 21.3. The minimum atomic E-state index is -0.362. The summed E-state index contributed by atoms with van der Waals surface area (Å²) in [6.45, 7) is 4.97. The number of benzene rings is 2. The van der Waals surface area contributed by atoms with Gasteiger partial charge in [0.15, 0.2) is 5.16 Å². The molecule has 0 saturated carbocycles. The van der Waals surface area contributed by atoms with E-state index in [1.165, 1.54) is 28.7 Å². The normalized spacial score (nSPS) is 12.3. The van der Waals surface area contributed by atoms with Gasteiger partial charge in [-0.05, 0) is 37.6 Å². The first-order chi connectivity index (χ1) is 14.5. The van der Waals surface area contributed by atoms with Gasteiger partial charge < -0.3 is 21.4 Å². The van der Waals surface area contributed by atoms with Crippen LogP contribution in [-0.2, 0) is 11.3 Å². The lowest BCUT2D eigenvalue weighted by Crippen LogP contribution is -2.25. The molecule has 5 N–H and O–H groups in total. The standard InChI is InChI=1S/C22H24N6OS/c1-3-18(30-22-26-19(23)12-20(24)27-22)21(29)25-13-9-10-17-15(11-13)14-7-5-6-8-16(14)28(17)4-2/h5-12,18H,3-4H2,1-2H3,(H,25,29)(H4,23,24,26,27). The number of rotatable bonds is 6. The van der Waals surface area contributed by atoms with Crippen molar-refractivity contribution < 1.29 is 4.79 Å². The molecule has 2 aromatic heterocycles. The second kappa shape index (κ2) is 8.23. The van der Waals surface area contributed by atoms with Crippen LogP contribution in [-0.4, -0.2) is 25.7 Å². The Morgan fingerprint density at radius 3 is 2.43 bits per heavy atom. The van der Waals surface area contributed by atoms with Gasteiger partial charge in [0.25, 0.3) is 0 Å². The van der Waals surface area contributed by atoms with E-state index in [4.69, 9.17) is 11.5 Å². The lowest BCUT2D eigenvalue weighted by molar-refractivity contribution is -0.115. The molecule has 1 amide bonds. The van der Waals surface area contributed by atoms with E-state index >= 15 is 0 Å². The number of hydrogen-bond acceptors (Lipinski definition) is 6. The Morgan fingerprint density at radius 2 is 1.73 bits per heavy atom. The molecule has 154 valence electrons. The van der Waals surface area contributed by atoms with E-state index in [2.05, 4.69) is 45.0 Å². The molecule has 2 heterocycles. The van der Waals surface area contributed by atoms with Crippen molar-refractivity contribution in [3.63, 3.8) is 0 Å². The lowest BCUT2D eigenvalue weighted by atomic mass is 10.1. The molecular formula is C22H24N6OS. The fourth-order valence-corrected chi connectivity index (χ4v) is 4.56. The molecule has 0 fully saturated rings. The van der Waals surface area contributed by atoms with Crippen LogP contribution < -0.4 is 16.8 Å². The molecule has 7 nitrogen and oxygen atoms in total. The molecule has 1 unspecified atom stereocenters. The van der Waals surface area contributed by atoms with Crippen molar-refractivity contribution in [2.75, 3.05) is 16.8 Å². The van der Waals surface area contributed by atoms with Gasteiger partial charge >= 0.3 is 0 Å². The number of thioether (sulfide) groups is 1. The number of para-hydroxylation sites is 1. The number of fused-ring (bicyclic) bond motifs is 3. The predicted octanol–water partition coefficient (Wildman–Crippen LogP) is 4.28. The van der Waals surface area contributed by atoms with Crippen LogP contribution in [0.15, 0.2) is 53.7 Å². The summed E-state index contributed by atoms with van der Waals surface area (Å²) in [6, 6.07) is 15.8. The van der Waals surface area contributed by atoms with E-state index in [0.717, 1.165) is 23.1 Å². The molecule has 0 radical (unpaired) electrons. The minimum absolute atomic E-state index is 0.106. The highest BCUT2D eigenvalue weighted by atomic mass is 32.2. The molecule has 2 aromatic carbocycles. The van der Waals surface area contributed by atoms with Gasteiger partial charge in [0.05, 0.1) is 5.25 Å². The van der Waals surface area contributed by atoms with E-state index < -0.39 is 0 Å². The fraction of sp³-hybridized carbons (Fsp3) is 0.227. The van der Waals surface area contributed by atoms with Crippen LogP contribution in [0.2, 0.25) is 0 Å². The molecule has 1 atom stereocenters. The maximum absolute atomic E-state index is 12.9. The van der Waals surface area contributed by atoms with Crippen LogP contribution >= 0.6 is 11.8 Å². The van der Waals surface area contributed by atoms with Crippen molar-refractivity contribution in [2.24, 2.45) is 0 Å². The van der Waals surface area contributed by atoms with Gasteiger partial charge in [-0.2, -0.15) is 0 Å². The quantitative estimate of drug-likeness (QED) is 0.317. The first-order valence-corrected chi connectivity index (χ1v) is 10.8. The molecule has 0 saturated heterocycles. The molecule has 8 heteroatoms. The van der Waals surface area contributed by atoms with Crippen molar-refractivity contribution in [3.05, 3.63) is 48.5 Å². The summed E-state index contributed by atoms with van der Waals surface area (Å²) in [5.74, 6) is 0.474. The molecule has 0 bridgehead atoms. The second-order valence-corrected chi connectivity index (χ2v) is 8.17. The molecule has 0 spiro atoms. The lowest BCUT2D eigenvalue weighted by Gasteiger charge is -2.14. The van der Waals surface area contributed by atoms with Crippen molar-refractivity contribution >= 4 is 56.8 Å². The van der Waals surface area contributed by atoms with Crippen LogP contribution in [0.4, 0.5) is 17.3 Å². The predicted molar refractivity (Wildman–Crippen MR) is 125 cm³/mol. The molecule has 30 heavy (non-hydrogen) atoms. The van der Waals surface area contributed by atoms with Crippen LogP contribution in [0.5, 0.6) is 0 Å². The smallest absolute Gasteiger partial charge is 0.237 e. The minimum Gasteiger partial charge on any atom is -0.383 e. The summed E-state index contributed by atoms with van der Waals surface area (Å²) < 4.78 is 2.28. The zero-order valence-electron chi connectivity index (χ0n) is 16.9. The Hall–Kier alpha value is -3.26. The summed E-state index contributed by atoms with van der Waals surface area (Å²) in [6.07, 6.45) is 0.617.